The van der Waals surface area contributed by atoms with Gasteiger partial charge in [0.2, 0.25) is 6.20 Å². The summed E-state index contributed by atoms with van der Waals surface area (Å²) in [7, 11) is 2.86. The van der Waals surface area contributed by atoms with Crippen LogP contribution in [0.5, 0.6) is 17.2 Å². The van der Waals surface area contributed by atoms with Gasteiger partial charge in [0.1, 0.15) is 11.3 Å². The van der Waals surface area contributed by atoms with Crippen LogP contribution >= 0.6 is 15.9 Å². The molecule has 0 atom stereocenters. The third-order valence-electron chi connectivity index (χ3n) is 3.16. The average Bonchev–Trinajstić information content (AvgIpc) is 2.61. The molecule has 0 aliphatic heterocycles. The second-order valence-electron chi connectivity index (χ2n) is 4.73. The highest BCUT2D eigenvalue weighted by Gasteiger charge is 2.19. The molecule has 0 spiro atoms. The van der Waals surface area contributed by atoms with E-state index in [1.54, 1.807) is 30.3 Å². The highest BCUT2D eigenvalue weighted by Crippen LogP contribution is 2.38. The molecule has 0 radical (unpaired) electrons. The van der Waals surface area contributed by atoms with Gasteiger partial charge in [0.05, 0.1) is 23.6 Å². The molecule has 2 aromatic rings. The van der Waals surface area contributed by atoms with Gasteiger partial charge in [0.15, 0.2) is 11.5 Å². The summed E-state index contributed by atoms with van der Waals surface area (Å²) in [6, 6.07) is 9.76. The van der Waals surface area contributed by atoms with Crippen LogP contribution in [0.15, 0.2) is 47.1 Å². The summed E-state index contributed by atoms with van der Waals surface area (Å²) in [6.45, 7) is 0. The number of hydrogen-bond acceptors (Lipinski definition) is 6. The molecule has 2 aromatic carbocycles. The number of carbonyl (C=O) groups is 1. The second kappa shape index (κ2) is 8.29. The zero-order valence-electron chi connectivity index (χ0n) is 13.4. The summed E-state index contributed by atoms with van der Waals surface area (Å²) < 4.78 is 16.2. The molecular formula is C17H14BrNO6. The van der Waals surface area contributed by atoms with Gasteiger partial charge < -0.3 is 14.2 Å². The third-order valence-corrected chi connectivity index (χ3v) is 3.75. The highest BCUT2D eigenvalue weighted by atomic mass is 79.9. The van der Waals surface area contributed by atoms with Gasteiger partial charge in [-0.25, -0.2) is 4.79 Å². The van der Waals surface area contributed by atoms with Crippen molar-refractivity contribution in [2.24, 2.45) is 0 Å². The molecule has 0 heterocycles. The van der Waals surface area contributed by atoms with E-state index in [4.69, 9.17) is 14.2 Å². The minimum atomic E-state index is -0.620. The number of nitrogens with zero attached hydrogens (tertiary/aromatic N) is 1. The maximum absolute atomic E-state index is 12.4. The van der Waals surface area contributed by atoms with Gasteiger partial charge >= 0.3 is 5.97 Å². The zero-order valence-corrected chi connectivity index (χ0v) is 15.0. The summed E-state index contributed by atoms with van der Waals surface area (Å²) in [5, 5.41) is 10.4. The van der Waals surface area contributed by atoms with Gasteiger partial charge in [-0.15, -0.1) is 0 Å². The fourth-order valence-corrected chi connectivity index (χ4v) is 2.58. The Morgan fingerprint density at radius 2 is 1.84 bits per heavy atom. The lowest BCUT2D eigenvalue weighted by atomic mass is 10.2. The first-order chi connectivity index (χ1) is 12.0. The van der Waals surface area contributed by atoms with Crippen LogP contribution in [0, 0.1) is 10.1 Å². The lowest BCUT2D eigenvalue weighted by Crippen LogP contribution is -2.11. The Kier molecular flexibility index (Phi) is 6.13. The van der Waals surface area contributed by atoms with E-state index in [2.05, 4.69) is 15.9 Å². The van der Waals surface area contributed by atoms with Crippen molar-refractivity contribution in [3.8, 4) is 17.2 Å². The van der Waals surface area contributed by atoms with Crippen molar-refractivity contribution in [2.45, 2.75) is 0 Å². The lowest BCUT2D eigenvalue weighted by Gasteiger charge is -2.13. The predicted molar refractivity (Wildman–Crippen MR) is 94.7 cm³/mol. The standard InChI is InChI=1S/C17H14BrNO6/c1-23-14-6-4-3-5-12(14)17(20)25-16-13(18)9-11(7-8-19(21)22)10-15(16)24-2/h3-10H,1-2H3/b8-7+. The Bertz CT molecular complexity index is 834. The van der Waals surface area contributed by atoms with E-state index in [0.717, 1.165) is 6.20 Å². The zero-order chi connectivity index (χ0) is 18.4. The number of para-hydroxylation sites is 1. The van der Waals surface area contributed by atoms with Gasteiger partial charge in [0, 0.05) is 6.08 Å². The molecule has 0 bridgehead atoms. The first-order valence-corrected chi connectivity index (χ1v) is 7.80. The van der Waals surface area contributed by atoms with Gasteiger partial charge in [-0.3, -0.25) is 10.1 Å². The molecule has 0 aliphatic rings. The Morgan fingerprint density at radius 3 is 2.48 bits per heavy atom. The van der Waals surface area contributed by atoms with Crippen LogP contribution in [0.2, 0.25) is 0 Å². The third kappa shape index (κ3) is 4.57. The number of nitro groups is 1. The van der Waals surface area contributed by atoms with Gasteiger partial charge in [-0.05, 0) is 45.8 Å². The maximum Gasteiger partial charge on any atom is 0.347 e. The van der Waals surface area contributed by atoms with Crippen molar-refractivity contribution in [1.29, 1.82) is 0 Å². The second-order valence-corrected chi connectivity index (χ2v) is 5.58. The number of esters is 1. The minimum absolute atomic E-state index is 0.164. The van der Waals surface area contributed by atoms with Crippen LogP contribution in [0.25, 0.3) is 6.08 Å². The molecule has 0 N–H and O–H groups in total. The predicted octanol–water partition coefficient (Wildman–Crippen LogP) is 3.93. The van der Waals surface area contributed by atoms with Crippen LogP contribution in [-0.4, -0.2) is 25.1 Å². The average molecular weight is 408 g/mol. The molecule has 0 aliphatic carbocycles. The minimum Gasteiger partial charge on any atom is -0.496 e. The van der Waals surface area contributed by atoms with Crippen LogP contribution in [-0.2, 0) is 0 Å². The SMILES string of the molecule is COc1ccccc1C(=O)Oc1c(Br)cc(/C=C/[N+](=O)[O-])cc1OC. The van der Waals surface area contributed by atoms with E-state index >= 15 is 0 Å². The first-order valence-electron chi connectivity index (χ1n) is 7.00. The van der Waals surface area contributed by atoms with E-state index in [0.29, 0.717) is 15.8 Å². The molecule has 0 aromatic heterocycles. The maximum atomic E-state index is 12.4. The Morgan fingerprint density at radius 1 is 1.16 bits per heavy atom. The number of methoxy groups -OCH3 is 2. The molecular weight excluding hydrogens is 394 g/mol. The molecule has 8 heteroatoms. The van der Waals surface area contributed by atoms with Crippen LogP contribution in [0.4, 0.5) is 0 Å². The number of benzene rings is 2. The topological polar surface area (TPSA) is 87.9 Å². The number of rotatable bonds is 6. The molecule has 0 unspecified atom stereocenters. The summed E-state index contributed by atoms with van der Waals surface area (Å²) in [6.07, 6.45) is 2.11. The molecule has 130 valence electrons. The molecule has 7 nitrogen and oxygen atoms in total. The summed E-state index contributed by atoms with van der Waals surface area (Å²) in [5.74, 6) is 0.176. The molecule has 0 saturated carbocycles. The van der Waals surface area contributed by atoms with Crippen molar-refractivity contribution in [3.05, 3.63) is 68.3 Å². The van der Waals surface area contributed by atoms with Gasteiger partial charge in [-0.1, -0.05) is 12.1 Å². The number of carbonyl (C=O) groups excluding carboxylic acids is 1. The first kappa shape index (κ1) is 18.5. The summed E-state index contributed by atoms with van der Waals surface area (Å²) >= 11 is 3.29. The van der Waals surface area contributed by atoms with E-state index < -0.39 is 10.9 Å². The fourth-order valence-electron chi connectivity index (χ4n) is 2.04. The largest absolute Gasteiger partial charge is 0.496 e. The Labute approximate surface area is 152 Å². The van der Waals surface area contributed by atoms with Crippen LogP contribution < -0.4 is 14.2 Å². The van der Waals surface area contributed by atoms with Gasteiger partial charge in [-0.2, -0.15) is 0 Å². The van der Waals surface area contributed by atoms with Crippen molar-refractivity contribution in [1.82, 2.24) is 0 Å². The van der Waals surface area contributed by atoms with E-state index in [-0.39, 0.29) is 17.1 Å². The number of hydrogen-bond donors (Lipinski definition) is 0. The molecule has 0 amide bonds. The van der Waals surface area contributed by atoms with E-state index in [9.17, 15) is 14.9 Å². The molecule has 2 rings (SSSR count). The quantitative estimate of drug-likeness (QED) is 0.312. The van der Waals surface area contributed by atoms with Crippen molar-refractivity contribution >= 4 is 28.0 Å². The Balaban J connectivity index is 2.35. The smallest absolute Gasteiger partial charge is 0.347 e. The lowest BCUT2D eigenvalue weighted by molar-refractivity contribution is -0.400. The fraction of sp³-hybridized carbons (Fsp3) is 0.118. The molecule has 0 saturated heterocycles. The highest BCUT2D eigenvalue weighted by molar-refractivity contribution is 9.10. The molecule has 25 heavy (non-hydrogen) atoms. The Hall–Kier alpha value is -2.87. The van der Waals surface area contributed by atoms with Crippen LogP contribution in [0.3, 0.4) is 0 Å². The molecule has 0 fully saturated rings. The van der Waals surface area contributed by atoms with Gasteiger partial charge in [0.25, 0.3) is 0 Å². The van der Waals surface area contributed by atoms with Crippen molar-refractivity contribution in [3.63, 3.8) is 0 Å². The monoisotopic (exact) mass is 407 g/mol. The van der Waals surface area contributed by atoms with Crippen molar-refractivity contribution in [2.75, 3.05) is 14.2 Å². The van der Waals surface area contributed by atoms with E-state index in [1.165, 1.54) is 26.4 Å². The number of ether oxygens (including phenoxy) is 3. The van der Waals surface area contributed by atoms with Crippen molar-refractivity contribution < 1.29 is 23.9 Å². The summed E-state index contributed by atoms with van der Waals surface area (Å²) in [4.78, 5) is 22.3. The number of halogens is 1. The van der Waals surface area contributed by atoms with E-state index in [1.807, 2.05) is 0 Å². The normalized spacial score (nSPS) is 10.5. The van der Waals surface area contributed by atoms with Crippen LogP contribution in [0.1, 0.15) is 15.9 Å². The summed E-state index contributed by atoms with van der Waals surface area (Å²) in [5.41, 5.74) is 0.772.